The van der Waals surface area contributed by atoms with Crippen LogP contribution in [0.2, 0.25) is 0 Å². The lowest BCUT2D eigenvalue weighted by Crippen LogP contribution is -1.88. The highest BCUT2D eigenvalue weighted by molar-refractivity contribution is 6.24. The van der Waals surface area contributed by atoms with Crippen molar-refractivity contribution >= 4 is 43.1 Å². The van der Waals surface area contributed by atoms with Crippen molar-refractivity contribution in [2.24, 2.45) is 0 Å². The fourth-order valence-corrected chi connectivity index (χ4v) is 5.54. The summed E-state index contributed by atoms with van der Waals surface area (Å²) >= 11 is 0. The first-order valence-corrected chi connectivity index (χ1v) is 10.3. The number of hydrogen-bond donors (Lipinski definition) is 0. The molecule has 0 fully saturated rings. The van der Waals surface area contributed by atoms with Gasteiger partial charge in [0.2, 0.25) is 0 Å². The standard InChI is InChI=1S/C29H18/c1-3-13-22-18(9-1)20-11-5-7-15-24(20)28-26(22)17-27-23-14-4-2-10-19(23)21-12-6-8-16-25(21)29(27)28/h1-16H,17H2. The molecule has 0 aromatic heterocycles. The molecule has 0 heterocycles. The molecule has 1 aliphatic carbocycles. The normalized spacial score (nSPS) is 12.7. The van der Waals surface area contributed by atoms with E-state index in [1.807, 2.05) is 0 Å². The molecule has 0 atom stereocenters. The molecule has 1 aliphatic rings. The molecule has 29 heavy (non-hydrogen) atoms. The minimum Gasteiger partial charge on any atom is -0.0616 e. The van der Waals surface area contributed by atoms with Crippen molar-refractivity contribution in [1.29, 1.82) is 0 Å². The molecule has 0 N–H and O–H groups in total. The van der Waals surface area contributed by atoms with Gasteiger partial charge in [-0.15, -0.1) is 0 Å². The van der Waals surface area contributed by atoms with Gasteiger partial charge in [-0.1, -0.05) is 97.1 Å². The highest BCUT2D eigenvalue weighted by atomic mass is 14.3. The molecule has 0 heteroatoms. The number of rotatable bonds is 0. The third kappa shape index (κ3) is 1.89. The van der Waals surface area contributed by atoms with Gasteiger partial charge >= 0.3 is 0 Å². The molecule has 0 nitrogen and oxygen atoms in total. The van der Waals surface area contributed by atoms with Gasteiger partial charge < -0.3 is 0 Å². The Balaban J connectivity index is 1.80. The van der Waals surface area contributed by atoms with Crippen LogP contribution in [0.15, 0.2) is 97.1 Å². The molecule has 0 saturated heterocycles. The summed E-state index contributed by atoms with van der Waals surface area (Å²) < 4.78 is 0. The number of benzene rings is 6. The molecule has 7 rings (SSSR count). The third-order valence-electron chi connectivity index (χ3n) is 6.68. The number of fused-ring (bicyclic) bond motifs is 13. The molecule has 134 valence electrons. The SMILES string of the molecule is c1ccc2c(c1)c1c(c3ccccc32)-c2c(c3ccccc3c3ccccc23)C1. The molecular formula is C29H18. The van der Waals surface area contributed by atoms with Crippen molar-refractivity contribution in [2.45, 2.75) is 6.42 Å². The van der Waals surface area contributed by atoms with E-state index in [-0.39, 0.29) is 0 Å². The summed E-state index contributed by atoms with van der Waals surface area (Å²) in [4.78, 5) is 0. The van der Waals surface area contributed by atoms with Crippen LogP contribution in [-0.4, -0.2) is 0 Å². The zero-order valence-corrected chi connectivity index (χ0v) is 15.9. The Morgan fingerprint density at radius 3 is 0.966 bits per heavy atom. The maximum Gasteiger partial charge on any atom is -0.0000653 e. The van der Waals surface area contributed by atoms with E-state index in [0.29, 0.717) is 0 Å². The van der Waals surface area contributed by atoms with E-state index < -0.39 is 0 Å². The predicted molar refractivity (Wildman–Crippen MR) is 125 cm³/mol. The summed E-state index contributed by atoms with van der Waals surface area (Å²) in [5.41, 5.74) is 5.85. The van der Waals surface area contributed by atoms with Crippen LogP contribution in [0.5, 0.6) is 0 Å². The fraction of sp³-hybridized carbons (Fsp3) is 0.0345. The van der Waals surface area contributed by atoms with E-state index in [9.17, 15) is 0 Å². The fourth-order valence-electron chi connectivity index (χ4n) is 5.54. The second kappa shape index (κ2) is 5.46. The van der Waals surface area contributed by atoms with Crippen LogP contribution in [0.25, 0.3) is 54.2 Å². The quantitative estimate of drug-likeness (QED) is 0.240. The Morgan fingerprint density at radius 2 is 0.586 bits per heavy atom. The van der Waals surface area contributed by atoms with E-state index in [2.05, 4.69) is 97.1 Å². The van der Waals surface area contributed by atoms with Crippen LogP contribution >= 0.6 is 0 Å². The van der Waals surface area contributed by atoms with E-state index >= 15 is 0 Å². The zero-order chi connectivity index (χ0) is 18.9. The van der Waals surface area contributed by atoms with Gasteiger partial charge in [0.1, 0.15) is 0 Å². The Bertz CT molecular complexity index is 1500. The minimum absolute atomic E-state index is 1.00. The largest absolute Gasteiger partial charge is 0.0616 e. The van der Waals surface area contributed by atoms with Crippen LogP contribution in [0.3, 0.4) is 0 Å². The lowest BCUT2D eigenvalue weighted by atomic mass is 9.89. The van der Waals surface area contributed by atoms with Crippen LogP contribution in [-0.2, 0) is 6.42 Å². The van der Waals surface area contributed by atoms with Crippen molar-refractivity contribution in [2.75, 3.05) is 0 Å². The average Bonchev–Trinajstić information content (AvgIpc) is 3.21. The van der Waals surface area contributed by atoms with Gasteiger partial charge in [-0.2, -0.15) is 0 Å². The molecule has 0 bridgehead atoms. The molecular weight excluding hydrogens is 348 g/mol. The lowest BCUT2D eigenvalue weighted by Gasteiger charge is -2.14. The molecule has 0 amide bonds. The van der Waals surface area contributed by atoms with Gasteiger partial charge in [0.15, 0.2) is 0 Å². The summed E-state index contributed by atoms with van der Waals surface area (Å²) in [6, 6.07) is 35.7. The second-order valence-electron chi connectivity index (χ2n) is 8.07. The van der Waals surface area contributed by atoms with Gasteiger partial charge in [-0.25, -0.2) is 0 Å². The van der Waals surface area contributed by atoms with E-state index in [1.165, 1.54) is 65.3 Å². The molecule has 6 aromatic rings. The van der Waals surface area contributed by atoms with Crippen LogP contribution in [0.1, 0.15) is 11.1 Å². The van der Waals surface area contributed by atoms with Gasteiger partial charge in [-0.3, -0.25) is 0 Å². The van der Waals surface area contributed by atoms with E-state index in [0.717, 1.165) is 6.42 Å². The Kier molecular flexibility index (Phi) is 2.88. The average molecular weight is 366 g/mol. The van der Waals surface area contributed by atoms with Crippen molar-refractivity contribution in [3.8, 4) is 11.1 Å². The molecule has 0 aliphatic heterocycles. The highest BCUT2D eigenvalue weighted by Gasteiger charge is 2.27. The molecule has 0 unspecified atom stereocenters. The summed E-state index contributed by atoms with van der Waals surface area (Å²) in [6.07, 6.45) is 1.00. The smallest absolute Gasteiger partial charge is 0.0000653 e. The summed E-state index contributed by atoms with van der Waals surface area (Å²) in [6.45, 7) is 0. The van der Waals surface area contributed by atoms with Crippen molar-refractivity contribution in [3.05, 3.63) is 108 Å². The van der Waals surface area contributed by atoms with Gasteiger partial charge in [0, 0.05) is 0 Å². The maximum atomic E-state index is 2.31. The maximum absolute atomic E-state index is 2.31. The first-order valence-electron chi connectivity index (χ1n) is 10.3. The molecule has 6 aromatic carbocycles. The lowest BCUT2D eigenvalue weighted by molar-refractivity contribution is 1.31. The Labute approximate surface area is 169 Å². The molecule has 0 radical (unpaired) electrons. The van der Waals surface area contributed by atoms with Crippen LogP contribution in [0, 0.1) is 0 Å². The van der Waals surface area contributed by atoms with E-state index in [1.54, 1.807) is 0 Å². The predicted octanol–water partition coefficient (Wildman–Crippen LogP) is 7.87. The van der Waals surface area contributed by atoms with Gasteiger partial charge in [-0.05, 0) is 71.8 Å². The highest BCUT2D eigenvalue weighted by Crippen LogP contribution is 2.51. The van der Waals surface area contributed by atoms with Crippen molar-refractivity contribution in [3.63, 3.8) is 0 Å². The zero-order valence-electron chi connectivity index (χ0n) is 15.9. The molecule has 0 spiro atoms. The monoisotopic (exact) mass is 366 g/mol. The van der Waals surface area contributed by atoms with Gasteiger partial charge in [0.05, 0.1) is 0 Å². The van der Waals surface area contributed by atoms with Crippen molar-refractivity contribution in [1.82, 2.24) is 0 Å². The molecule has 0 saturated carbocycles. The topological polar surface area (TPSA) is 0 Å². The number of hydrogen-bond acceptors (Lipinski definition) is 0. The second-order valence-corrected chi connectivity index (χ2v) is 8.07. The van der Waals surface area contributed by atoms with Crippen LogP contribution < -0.4 is 0 Å². The minimum atomic E-state index is 1.00. The van der Waals surface area contributed by atoms with E-state index in [4.69, 9.17) is 0 Å². The summed E-state index contributed by atoms with van der Waals surface area (Å²) in [5.74, 6) is 0. The Hall–Kier alpha value is -3.64. The van der Waals surface area contributed by atoms with Crippen LogP contribution in [0.4, 0.5) is 0 Å². The Morgan fingerprint density at radius 1 is 0.310 bits per heavy atom. The van der Waals surface area contributed by atoms with Crippen molar-refractivity contribution < 1.29 is 0 Å². The first kappa shape index (κ1) is 15.3. The third-order valence-corrected chi connectivity index (χ3v) is 6.68. The summed E-state index contributed by atoms with van der Waals surface area (Å²) in [7, 11) is 0. The summed E-state index contributed by atoms with van der Waals surface area (Å²) in [5, 5.41) is 11.0. The van der Waals surface area contributed by atoms with Gasteiger partial charge in [0.25, 0.3) is 0 Å². The first-order chi connectivity index (χ1) is 14.4.